The Morgan fingerprint density at radius 2 is 1.47 bits per heavy atom. The number of nitrogens with one attached hydrogen (secondary N) is 1. The molecule has 0 saturated carbocycles. The van der Waals surface area contributed by atoms with E-state index in [-0.39, 0.29) is 11.7 Å². The van der Waals surface area contributed by atoms with Crippen LogP contribution in [0.15, 0.2) is 24.3 Å². The summed E-state index contributed by atoms with van der Waals surface area (Å²) >= 11 is 0. The van der Waals surface area contributed by atoms with E-state index < -0.39 is 36.4 Å². The summed E-state index contributed by atoms with van der Waals surface area (Å²) in [5, 5.41) is 46.1. The molecule has 1 rings (SSSR count). The number of aliphatic carboxylic acids is 3. The number of para-hydroxylation sites is 1. The number of carbonyl (C=O) groups excluding carboxylic acids is 1. The number of rotatable bonds is 11. The third-order valence-electron chi connectivity index (χ3n) is 4.04. The molecule has 11 nitrogen and oxygen atoms in total. The molecule has 0 heterocycles. The minimum absolute atomic E-state index is 0.0211. The first kappa shape index (κ1) is 26.8. The number of phenolic OH excluding ortho intramolecular Hbond substituents is 1. The molecule has 1 amide bonds. The number of hydrogen-bond acceptors (Lipinski definition) is 7. The van der Waals surface area contributed by atoms with Crippen molar-refractivity contribution < 1.29 is 44.7 Å². The van der Waals surface area contributed by atoms with E-state index in [0.717, 1.165) is 19.6 Å². The highest BCUT2D eigenvalue weighted by molar-refractivity contribution is 5.96. The van der Waals surface area contributed by atoms with Gasteiger partial charge < -0.3 is 35.7 Å². The molecule has 11 heteroatoms. The monoisotopic (exact) mass is 428 g/mol. The second-order valence-electron chi connectivity index (χ2n) is 6.28. The molecule has 0 fully saturated rings. The van der Waals surface area contributed by atoms with Gasteiger partial charge in [-0.15, -0.1) is 0 Å². The molecule has 0 atom stereocenters. The van der Waals surface area contributed by atoms with Gasteiger partial charge in [0.15, 0.2) is 5.60 Å². The quantitative estimate of drug-likeness (QED) is 0.285. The van der Waals surface area contributed by atoms with Gasteiger partial charge in [0.05, 0.1) is 18.4 Å². The first-order valence-electron chi connectivity index (χ1n) is 9.14. The first-order valence-corrected chi connectivity index (χ1v) is 9.14. The van der Waals surface area contributed by atoms with Crippen molar-refractivity contribution in [2.45, 2.75) is 32.3 Å². The number of likely N-dealkylation sites (N-methyl/N-ethyl adjacent to an activating group) is 1. The van der Waals surface area contributed by atoms with E-state index in [0.29, 0.717) is 12.1 Å². The van der Waals surface area contributed by atoms with Crippen molar-refractivity contribution in [3.63, 3.8) is 0 Å². The highest BCUT2D eigenvalue weighted by atomic mass is 16.4. The van der Waals surface area contributed by atoms with Crippen LogP contribution in [0.3, 0.4) is 0 Å². The number of carboxylic acid groups (broad SMARTS) is 3. The number of nitrogens with zero attached hydrogens (tertiary/aromatic N) is 1. The SMILES string of the molecule is CCN(CC)CCNC(=O)c1ccccc1O.O=C(O)CC(O)(CC(=O)O)C(=O)O. The van der Waals surface area contributed by atoms with Gasteiger partial charge in [0.1, 0.15) is 5.75 Å². The lowest BCUT2D eigenvalue weighted by molar-refractivity contribution is -0.170. The molecule has 0 aliphatic rings. The highest BCUT2D eigenvalue weighted by Crippen LogP contribution is 2.16. The second-order valence-corrected chi connectivity index (χ2v) is 6.28. The fourth-order valence-corrected chi connectivity index (χ4v) is 2.34. The molecular weight excluding hydrogens is 400 g/mol. The zero-order valence-electron chi connectivity index (χ0n) is 16.9. The Morgan fingerprint density at radius 3 is 1.87 bits per heavy atom. The second kappa shape index (κ2) is 13.1. The summed E-state index contributed by atoms with van der Waals surface area (Å²) in [7, 11) is 0. The fraction of sp³-hybridized carbons (Fsp3) is 0.474. The lowest BCUT2D eigenvalue weighted by Crippen LogP contribution is -2.42. The van der Waals surface area contributed by atoms with Crippen LogP contribution in [0, 0.1) is 0 Å². The zero-order chi connectivity index (χ0) is 23.3. The van der Waals surface area contributed by atoms with Crippen LogP contribution < -0.4 is 5.32 Å². The Hall–Kier alpha value is -3.18. The predicted octanol–water partition coefficient (Wildman–Crippen LogP) is 0.215. The van der Waals surface area contributed by atoms with Gasteiger partial charge in [-0.1, -0.05) is 26.0 Å². The summed E-state index contributed by atoms with van der Waals surface area (Å²) in [4.78, 5) is 44.4. The van der Waals surface area contributed by atoms with Crippen molar-refractivity contribution in [3.8, 4) is 5.75 Å². The normalized spacial score (nSPS) is 10.7. The molecule has 0 unspecified atom stereocenters. The van der Waals surface area contributed by atoms with Crippen molar-refractivity contribution in [1.82, 2.24) is 10.2 Å². The van der Waals surface area contributed by atoms with Gasteiger partial charge >= 0.3 is 17.9 Å². The minimum atomic E-state index is -2.74. The van der Waals surface area contributed by atoms with Crippen LogP contribution >= 0.6 is 0 Å². The van der Waals surface area contributed by atoms with E-state index in [1.807, 2.05) is 0 Å². The molecule has 0 radical (unpaired) electrons. The molecular formula is C19H28N2O9. The van der Waals surface area contributed by atoms with Crippen molar-refractivity contribution >= 4 is 23.8 Å². The van der Waals surface area contributed by atoms with E-state index in [1.165, 1.54) is 6.07 Å². The van der Waals surface area contributed by atoms with Crippen molar-refractivity contribution in [2.75, 3.05) is 26.2 Å². The van der Waals surface area contributed by atoms with Crippen LogP contribution in [-0.4, -0.2) is 86.0 Å². The third-order valence-corrected chi connectivity index (χ3v) is 4.04. The van der Waals surface area contributed by atoms with Crippen LogP contribution in [-0.2, 0) is 14.4 Å². The summed E-state index contributed by atoms with van der Waals surface area (Å²) in [5.74, 6) is -5.22. The Bertz CT molecular complexity index is 716. The Balaban J connectivity index is 0.000000584. The maximum atomic E-state index is 11.7. The molecule has 168 valence electrons. The van der Waals surface area contributed by atoms with Crippen LogP contribution in [0.25, 0.3) is 0 Å². The molecule has 0 aromatic heterocycles. The van der Waals surface area contributed by atoms with Gasteiger partial charge in [-0.2, -0.15) is 0 Å². The van der Waals surface area contributed by atoms with Crippen LogP contribution in [0.4, 0.5) is 0 Å². The van der Waals surface area contributed by atoms with E-state index in [9.17, 15) is 24.3 Å². The first-order chi connectivity index (χ1) is 14.0. The van der Waals surface area contributed by atoms with Gasteiger partial charge in [-0.25, -0.2) is 4.79 Å². The number of benzene rings is 1. The predicted molar refractivity (Wildman–Crippen MR) is 105 cm³/mol. The third kappa shape index (κ3) is 9.85. The van der Waals surface area contributed by atoms with Gasteiger partial charge in [0.2, 0.25) is 0 Å². The van der Waals surface area contributed by atoms with E-state index >= 15 is 0 Å². The summed E-state index contributed by atoms with van der Waals surface area (Å²) in [6, 6.07) is 6.56. The lowest BCUT2D eigenvalue weighted by atomic mass is 9.96. The number of hydrogen-bond donors (Lipinski definition) is 6. The number of amides is 1. The number of carbonyl (C=O) groups is 4. The number of phenols is 1. The molecule has 1 aromatic carbocycles. The zero-order valence-corrected chi connectivity index (χ0v) is 16.9. The number of aromatic hydroxyl groups is 1. The van der Waals surface area contributed by atoms with E-state index in [4.69, 9.17) is 20.4 Å². The molecule has 30 heavy (non-hydrogen) atoms. The Morgan fingerprint density at radius 1 is 0.967 bits per heavy atom. The van der Waals surface area contributed by atoms with Crippen molar-refractivity contribution in [3.05, 3.63) is 29.8 Å². The topological polar surface area (TPSA) is 185 Å². The maximum absolute atomic E-state index is 11.7. The van der Waals surface area contributed by atoms with Crippen LogP contribution in [0.1, 0.15) is 37.0 Å². The molecule has 0 spiro atoms. The standard InChI is InChI=1S/C13H20N2O2.C6H8O7/c1-3-15(4-2)10-9-14-13(17)11-7-5-6-8-12(11)16;7-3(8)1-6(13,5(11)12)2-4(9)10/h5-8,16H,3-4,9-10H2,1-2H3,(H,14,17);13H,1-2H2,(H,7,8)(H,9,10)(H,11,12). The van der Waals surface area contributed by atoms with Crippen molar-refractivity contribution in [2.24, 2.45) is 0 Å². The average Bonchev–Trinajstić information content (AvgIpc) is 2.64. The van der Waals surface area contributed by atoms with Crippen molar-refractivity contribution in [1.29, 1.82) is 0 Å². The molecule has 0 aliphatic heterocycles. The van der Waals surface area contributed by atoms with Gasteiger partial charge in [-0.05, 0) is 25.2 Å². The fourth-order valence-electron chi connectivity index (χ4n) is 2.34. The molecule has 6 N–H and O–H groups in total. The number of carboxylic acids is 3. The van der Waals surface area contributed by atoms with Gasteiger partial charge in [-0.3, -0.25) is 14.4 Å². The summed E-state index contributed by atoms with van der Waals surface area (Å²) in [5.41, 5.74) is -2.41. The largest absolute Gasteiger partial charge is 0.507 e. The Kier molecular flexibility index (Phi) is 11.7. The number of aliphatic hydroxyl groups is 1. The molecule has 0 bridgehead atoms. The summed E-state index contributed by atoms with van der Waals surface area (Å²) < 4.78 is 0. The van der Waals surface area contributed by atoms with Crippen LogP contribution in [0.5, 0.6) is 5.75 Å². The summed E-state index contributed by atoms with van der Waals surface area (Å²) in [6.45, 7) is 7.55. The highest BCUT2D eigenvalue weighted by Gasteiger charge is 2.40. The van der Waals surface area contributed by atoms with Gasteiger partial charge in [0, 0.05) is 13.1 Å². The van der Waals surface area contributed by atoms with E-state index in [2.05, 4.69) is 24.1 Å². The molecule has 0 saturated heterocycles. The maximum Gasteiger partial charge on any atom is 0.336 e. The van der Waals surface area contributed by atoms with E-state index in [1.54, 1.807) is 18.2 Å². The van der Waals surface area contributed by atoms with Crippen LogP contribution in [0.2, 0.25) is 0 Å². The Labute approximate surface area is 173 Å². The lowest BCUT2D eigenvalue weighted by Gasteiger charge is -2.18. The smallest absolute Gasteiger partial charge is 0.336 e. The average molecular weight is 428 g/mol. The van der Waals surface area contributed by atoms with Gasteiger partial charge in [0.25, 0.3) is 5.91 Å². The molecule has 1 aromatic rings. The molecule has 0 aliphatic carbocycles. The minimum Gasteiger partial charge on any atom is -0.507 e. The summed E-state index contributed by atoms with van der Waals surface area (Å²) in [6.07, 6.45) is -2.29.